The molecule has 0 aliphatic heterocycles. The zero-order valence-corrected chi connectivity index (χ0v) is 22.1. The van der Waals surface area contributed by atoms with Gasteiger partial charge in [0.05, 0.1) is 0 Å². The van der Waals surface area contributed by atoms with E-state index in [1.807, 2.05) is 48.5 Å². The number of hydrogen-bond donors (Lipinski definition) is 0. The second-order valence-electron chi connectivity index (χ2n) is 10.3. The summed E-state index contributed by atoms with van der Waals surface area (Å²) in [5.74, 6) is 1.27. The topological polar surface area (TPSA) is 35.0 Å². The number of hydrogen-bond acceptors (Lipinski definition) is 3. The molecule has 4 rings (SSSR count). The third-order valence-corrected chi connectivity index (χ3v) is 5.52. The first-order valence-corrected chi connectivity index (χ1v) is 11.3. The van der Waals surface area contributed by atoms with Crippen molar-refractivity contribution in [1.29, 1.82) is 0 Å². The Morgan fingerprint density at radius 1 is 0.588 bits per heavy atom. The van der Waals surface area contributed by atoms with Crippen molar-refractivity contribution in [3.63, 3.8) is 0 Å². The maximum atomic E-state index is 6.27. The van der Waals surface area contributed by atoms with Crippen LogP contribution in [-0.2, 0) is 31.3 Å². The van der Waals surface area contributed by atoms with Gasteiger partial charge in [-0.25, -0.2) is 0 Å². The molecule has 0 fully saturated rings. The van der Waals surface area contributed by atoms with Gasteiger partial charge >= 0.3 is 20.4 Å². The molecule has 176 valence electrons. The zero-order chi connectivity index (χ0) is 23.6. The second-order valence-corrected chi connectivity index (χ2v) is 10.3. The third kappa shape index (κ3) is 5.81. The average Bonchev–Trinajstić information content (AvgIpc) is 2.79. The average molecular weight is 541 g/mol. The number of benzene rings is 2. The van der Waals surface area contributed by atoms with Crippen LogP contribution in [0.4, 0.5) is 0 Å². The van der Waals surface area contributed by atoms with Crippen molar-refractivity contribution < 1.29 is 25.2 Å². The number of pyridine rings is 2. The molecule has 2 aromatic heterocycles. The van der Waals surface area contributed by atoms with Crippen LogP contribution in [0, 0.1) is 12.1 Å². The monoisotopic (exact) mass is 540 g/mol. The number of nitrogens with zero attached hydrogens (tertiary/aromatic N) is 2. The molecule has 4 heteroatoms. The molecule has 0 saturated heterocycles. The molecule has 0 aliphatic rings. The van der Waals surface area contributed by atoms with Gasteiger partial charge in [-0.3, -0.25) is 0 Å². The van der Waals surface area contributed by atoms with Gasteiger partial charge in [0.25, 0.3) is 0 Å². The van der Waals surface area contributed by atoms with E-state index in [2.05, 4.69) is 75.8 Å². The van der Waals surface area contributed by atoms with E-state index in [0.29, 0.717) is 11.5 Å². The minimum atomic E-state index is -0.0471. The smallest absolute Gasteiger partial charge is 0.497 e. The van der Waals surface area contributed by atoms with Gasteiger partial charge < -0.3 is 14.7 Å². The first-order valence-electron chi connectivity index (χ1n) is 11.3. The van der Waals surface area contributed by atoms with Crippen molar-refractivity contribution in [2.45, 2.75) is 52.4 Å². The van der Waals surface area contributed by atoms with Crippen molar-refractivity contribution >= 4 is 0 Å². The van der Waals surface area contributed by atoms with E-state index < -0.39 is 0 Å². The predicted molar refractivity (Wildman–Crippen MR) is 134 cm³/mol. The molecule has 0 aliphatic carbocycles. The molecule has 0 spiro atoms. The van der Waals surface area contributed by atoms with Crippen molar-refractivity contribution in [1.82, 2.24) is 9.97 Å². The summed E-state index contributed by atoms with van der Waals surface area (Å²) in [6.45, 7) is 13.2. The molecule has 0 atom stereocenters. The fourth-order valence-corrected chi connectivity index (χ4v) is 3.86. The van der Waals surface area contributed by atoms with Gasteiger partial charge in [0, 0.05) is 23.9 Å². The first kappa shape index (κ1) is 25.8. The van der Waals surface area contributed by atoms with Gasteiger partial charge in [-0.15, -0.1) is 46.5 Å². The maximum Gasteiger partial charge on any atom is 2.00 e. The zero-order valence-electron chi connectivity index (χ0n) is 20.5. The van der Waals surface area contributed by atoms with E-state index >= 15 is 0 Å². The van der Waals surface area contributed by atoms with Gasteiger partial charge in [-0.2, -0.15) is 0 Å². The van der Waals surface area contributed by atoms with Crippen LogP contribution in [0.2, 0.25) is 0 Å². The quantitative estimate of drug-likeness (QED) is 0.196. The minimum absolute atomic E-state index is 0. The summed E-state index contributed by atoms with van der Waals surface area (Å²) in [7, 11) is 0. The Labute approximate surface area is 217 Å². The normalized spacial score (nSPS) is 11.6. The second kappa shape index (κ2) is 10.2. The van der Waals surface area contributed by atoms with E-state index in [1.54, 1.807) is 12.4 Å². The summed E-state index contributed by atoms with van der Waals surface area (Å²) in [4.78, 5) is 9.12. The van der Waals surface area contributed by atoms with Crippen molar-refractivity contribution in [3.05, 3.63) is 96.3 Å². The molecule has 0 radical (unpaired) electrons. The van der Waals surface area contributed by atoms with Crippen LogP contribution in [0.1, 0.15) is 52.7 Å². The molecule has 3 nitrogen and oxygen atoms in total. The third-order valence-electron chi connectivity index (χ3n) is 5.52. The van der Waals surface area contributed by atoms with Crippen LogP contribution >= 0.6 is 0 Å². The Morgan fingerprint density at radius 2 is 1.00 bits per heavy atom. The summed E-state index contributed by atoms with van der Waals surface area (Å²) < 4.78 is 6.27. The Bertz CT molecular complexity index is 1140. The maximum absolute atomic E-state index is 6.27. The molecule has 0 unspecified atom stereocenters. The van der Waals surface area contributed by atoms with E-state index in [9.17, 15) is 0 Å². The molecular formula is C30H30N2OPd. The van der Waals surface area contributed by atoms with Gasteiger partial charge in [0.15, 0.2) is 0 Å². The molecule has 2 aromatic carbocycles. The summed E-state index contributed by atoms with van der Waals surface area (Å²) in [6, 6.07) is 26.9. The molecule has 0 N–H and O–H groups in total. The van der Waals surface area contributed by atoms with Crippen LogP contribution < -0.4 is 4.74 Å². The summed E-state index contributed by atoms with van der Waals surface area (Å²) in [6.07, 6.45) is 3.61. The van der Waals surface area contributed by atoms with E-state index in [1.165, 1.54) is 11.1 Å². The van der Waals surface area contributed by atoms with Crippen LogP contribution in [0.25, 0.3) is 22.5 Å². The predicted octanol–water partition coefficient (Wildman–Crippen LogP) is 7.80. The Balaban J connectivity index is 0.00000324. The molecule has 0 bridgehead atoms. The molecular weight excluding hydrogens is 511 g/mol. The SMILES string of the molecule is CC(C)(C)c1ccc(Oc2[c-]c(-c3ccccn3)c(C(C)(C)C)cc2)[c-]c1-c1ccccn1.[Pd+2]. The van der Waals surface area contributed by atoms with Crippen LogP contribution in [0.3, 0.4) is 0 Å². The minimum Gasteiger partial charge on any atom is -0.497 e. The summed E-state index contributed by atoms with van der Waals surface area (Å²) in [5.41, 5.74) is 5.93. The number of aromatic nitrogens is 2. The van der Waals surface area contributed by atoms with Crippen LogP contribution in [0.15, 0.2) is 73.1 Å². The largest absolute Gasteiger partial charge is 2.00 e. The molecule has 34 heavy (non-hydrogen) atoms. The van der Waals surface area contributed by atoms with Crippen LogP contribution in [0.5, 0.6) is 11.5 Å². The summed E-state index contributed by atoms with van der Waals surface area (Å²) >= 11 is 0. The number of rotatable bonds is 4. The Hall–Kier alpha value is -2.80. The molecule has 0 amide bonds. The van der Waals surface area contributed by atoms with Gasteiger partial charge in [-0.1, -0.05) is 77.9 Å². The first-order chi connectivity index (χ1) is 15.6. The molecule has 2 heterocycles. The van der Waals surface area contributed by atoms with E-state index in [4.69, 9.17) is 4.74 Å². The summed E-state index contributed by atoms with van der Waals surface area (Å²) in [5, 5.41) is 0. The van der Waals surface area contributed by atoms with E-state index in [0.717, 1.165) is 22.5 Å². The Kier molecular flexibility index (Phi) is 7.76. The fourth-order valence-electron chi connectivity index (χ4n) is 3.86. The molecule has 4 aromatic rings. The Morgan fingerprint density at radius 3 is 1.32 bits per heavy atom. The number of ether oxygens (including phenoxy) is 1. The van der Waals surface area contributed by atoms with Gasteiger partial charge in [-0.05, 0) is 34.4 Å². The van der Waals surface area contributed by atoms with E-state index in [-0.39, 0.29) is 31.3 Å². The van der Waals surface area contributed by atoms with Crippen molar-refractivity contribution in [2.24, 2.45) is 0 Å². The fraction of sp³-hybridized carbons (Fsp3) is 0.267. The van der Waals surface area contributed by atoms with Gasteiger partial charge in [0.2, 0.25) is 0 Å². The van der Waals surface area contributed by atoms with Gasteiger partial charge in [0.1, 0.15) is 0 Å². The standard InChI is InChI=1S/C30H30N2O.Pd/c1-29(2,3)25-15-13-21(19-23(25)27-11-7-9-17-31-27)33-22-14-16-26(30(4,5)6)24(20-22)28-12-8-10-18-32-28;/h7-18H,1-6H3;/q-2;+2. The van der Waals surface area contributed by atoms with Crippen molar-refractivity contribution in [3.8, 4) is 34.0 Å². The molecule has 0 saturated carbocycles. The van der Waals surface area contributed by atoms with Crippen LogP contribution in [-0.4, -0.2) is 9.97 Å². The van der Waals surface area contributed by atoms with Crippen molar-refractivity contribution in [2.75, 3.05) is 0 Å².